The van der Waals surface area contributed by atoms with Gasteiger partial charge in [0.1, 0.15) is 11.6 Å². The lowest BCUT2D eigenvalue weighted by Crippen LogP contribution is -2.48. The van der Waals surface area contributed by atoms with E-state index >= 15 is 0 Å². The monoisotopic (exact) mass is 467 g/mol. The number of hydrogen-bond acceptors (Lipinski definition) is 6. The summed E-state index contributed by atoms with van der Waals surface area (Å²) in [6.07, 6.45) is 0. The molecule has 0 bridgehead atoms. The smallest absolute Gasteiger partial charge is 0.275 e. The second kappa shape index (κ2) is 8.80. The average molecular weight is 468 g/mol. The Morgan fingerprint density at radius 2 is 1.79 bits per heavy atom. The highest BCUT2D eigenvalue weighted by atomic mass is 32.1. The number of piperazine rings is 1. The zero-order valence-corrected chi connectivity index (χ0v) is 18.3. The van der Waals surface area contributed by atoms with E-state index in [1.54, 1.807) is 29.2 Å². The van der Waals surface area contributed by atoms with Gasteiger partial charge < -0.3 is 4.90 Å². The molecule has 0 spiro atoms. The summed E-state index contributed by atoms with van der Waals surface area (Å²) in [5.74, 6) is -1.04. The van der Waals surface area contributed by atoms with E-state index < -0.39 is 11.6 Å². The van der Waals surface area contributed by atoms with Crippen LogP contribution in [0.5, 0.6) is 0 Å². The lowest BCUT2D eigenvalue weighted by Gasteiger charge is -2.34. The van der Waals surface area contributed by atoms with E-state index in [1.807, 2.05) is 0 Å². The third-order valence-corrected chi connectivity index (χ3v) is 6.46. The number of hydrogen-bond donors (Lipinski definition) is 0. The fourth-order valence-electron chi connectivity index (χ4n) is 3.82. The van der Waals surface area contributed by atoms with Crippen LogP contribution < -0.4 is 5.56 Å². The lowest BCUT2D eigenvalue weighted by molar-refractivity contribution is 0.0626. The first-order chi connectivity index (χ1) is 16.0. The Kier molecular flexibility index (Phi) is 5.69. The van der Waals surface area contributed by atoms with Crippen molar-refractivity contribution < 1.29 is 13.6 Å². The van der Waals surface area contributed by atoms with Crippen LogP contribution in [0.2, 0.25) is 0 Å². The maximum Gasteiger partial charge on any atom is 0.275 e. The fourth-order valence-corrected chi connectivity index (χ4v) is 4.77. The Bertz CT molecular complexity index is 1400. The van der Waals surface area contributed by atoms with E-state index in [4.69, 9.17) is 0 Å². The van der Waals surface area contributed by atoms with Gasteiger partial charge in [0.05, 0.1) is 5.69 Å². The Morgan fingerprint density at radius 1 is 1.00 bits per heavy atom. The molecule has 2 aromatic carbocycles. The van der Waals surface area contributed by atoms with Crippen molar-refractivity contribution in [2.75, 3.05) is 26.2 Å². The van der Waals surface area contributed by atoms with Gasteiger partial charge in [0.15, 0.2) is 5.01 Å². The number of benzene rings is 2. The first-order valence-corrected chi connectivity index (χ1v) is 11.2. The van der Waals surface area contributed by atoms with Crippen LogP contribution >= 0.6 is 11.3 Å². The molecular weight excluding hydrogens is 448 g/mol. The van der Waals surface area contributed by atoms with Gasteiger partial charge in [-0.05, 0) is 30.3 Å². The number of aromatic nitrogens is 3. The maximum absolute atomic E-state index is 14.1. The Hall–Kier alpha value is -3.50. The zero-order chi connectivity index (χ0) is 22.9. The molecule has 1 fully saturated rings. The van der Waals surface area contributed by atoms with Crippen LogP contribution in [0, 0.1) is 11.6 Å². The average Bonchev–Trinajstić information content (AvgIpc) is 3.24. The first kappa shape index (κ1) is 21.4. The number of halogens is 2. The van der Waals surface area contributed by atoms with Crippen molar-refractivity contribution in [2.24, 2.45) is 0 Å². The van der Waals surface area contributed by atoms with E-state index in [0.717, 1.165) is 11.3 Å². The molecule has 1 aliphatic heterocycles. The molecule has 10 heteroatoms. The van der Waals surface area contributed by atoms with Gasteiger partial charge in [-0.3, -0.25) is 14.5 Å². The highest BCUT2D eigenvalue weighted by Gasteiger charge is 2.23. The van der Waals surface area contributed by atoms with Crippen LogP contribution in [0.1, 0.15) is 16.1 Å². The van der Waals surface area contributed by atoms with Crippen LogP contribution in [0.25, 0.3) is 15.5 Å². The predicted octanol–water partition coefficient (Wildman–Crippen LogP) is 3.05. The molecule has 0 aliphatic carbocycles. The number of rotatable bonds is 4. The van der Waals surface area contributed by atoms with Gasteiger partial charge in [-0.1, -0.05) is 29.5 Å². The van der Waals surface area contributed by atoms with Crippen molar-refractivity contribution in [1.82, 2.24) is 24.4 Å². The van der Waals surface area contributed by atoms with Crippen LogP contribution in [-0.2, 0) is 6.54 Å². The first-order valence-electron chi connectivity index (χ1n) is 10.4. The summed E-state index contributed by atoms with van der Waals surface area (Å²) in [7, 11) is 0. The van der Waals surface area contributed by atoms with Crippen LogP contribution in [0.4, 0.5) is 8.78 Å². The second-order valence-corrected chi connectivity index (χ2v) is 8.70. The quantitative estimate of drug-likeness (QED) is 0.462. The number of carbonyl (C=O) groups excluding carboxylic acids is 1. The lowest BCUT2D eigenvalue weighted by atomic mass is 10.1. The molecule has 3 heterocycles. The number of nitrogens with zero attached hydrogens (tertiary/aromatic N) is 5. The molecule has 2 aromatic heterocycles. The van der Waals surface area contributed by atoms with E-state index in [-0.39, 0.29) is 11.5 Å². The van der Waals surface area contributed by atoms with Crippen molar-refractivity contribution in [2.45, 2.75) is 6.54 Å². The number of carbonyl (C=O) groups is 1. The van der Waals surface area contributed by atoms with Crippen LogP contribution in [0.15, 0.2) is 59.4 Å². The second-order valence-electron chi connectivity index (χ2n) is 7.75. The molecule has 0 N–H and O–H groups in total. The van der Waals surface area contributed by atoms with Gasteiger partial charge in [-0.15, -0.1) is 0 Å². The van der Waals surface area contributed by atoms with E-state index in [1.165, 1.54) is 34.8 Å². The van der Waals surface area contributed by atoms with Gasteiger partial charge in [0, 0.05) is 49.9 Å². The van der Waals surface area contributed by atoms with Crippen molar-refractivity contribution in [1.29, 1.82) is 0 Å². The molecule has 33 heavy (non-hydrogen) atoms. The predicted molar refractivity (Wildman–Crippen MR) is 120 cm³/mol. The summed E-state index contributed by atoms with van der Waals surface area (Å²) in [5.41, 5.74) is 0.926. The fraction of sp³-hybridized carbons (Fsp3) is 0.217. The normalized spacial score (nSPS) is 14.7. The van der Waals surface area contributed by atoms with Gasteiger partial charge in [-0.25, -0.2) is 13.8 Å². The summed E-state index contributed by atoms with van der Waals surface area (Å²) in [4.78, 5) is 33.9. The molecule has 0 unspecified atom stereocenters. The van der Waals surface area contributed by atoms with Gasteiger partial charge in [-0.2, -0.15) is 9.61 Å². The molecule has 0 radical (unpaired) electrons. The molecule has 168 valence electrons. The molecule has 1 aliphatic rings. The molecule has 0 saturated carbocycles. The Labute approximate surface area is 191 Å². The van der Waals surface area contributed by atoms with Gasteiger partial charge >= 0.3 is 0 Å². The molecule has 4 aromatic rings. The highest BCUT2D eigenvalue weighted by molar-refractivity contribution is 7.19. The van der Waals surface area contributed by atoms with E-state index in [0.29, 0.717) is 59.5 Å². The minimum absolute atomic E-state index is 0.197. The van der Waals surface area contributed by atoms with E-state index in [2.05, 4.69) is 15.0 Å². The van der Waals surface area contributed by atoms with Crippen LogP contribution in [-0.4, -0.2) is 56.5 Å². The standard InChI is InChI=1S/C23H19F2N5O2S/c24-16-5-3-4-15(12-16)22(32)29-10-8-28(9-11-29)14-17-13-20(31)30-23(26-17)33-21(27-30)18-6-1-2-7-19(18)25/h1-7,12-13H,8-11,14H2. The third kappa shape index (κ3) is 4.39. The zero-order valence-electron chi connectivity index (χ0n) is 17.4. The molecule has 7 nitrogen and oxygen atoms in total. The van der Waals surface area contributed by atoms with Gasteiger partial charge in [0.2, 0.25) is 4.96 Å². The molecule has 1 amide bonds. The topological polar surface area (TPSA) is 70.8 Å². The largest absolute Gasteiger partial charge is 0.336 e. The summed E-state index contributed by atoms with van der Waals surface area (Å²) in [6, 6.07) is 13.4. The van der Waals surface area contributed by atoms with Crippen molar-refractivity contribution in [3.63, 3.8) is 0 Å². The Balaban J connectivity index is 1.29. The molecule has 1 saturated heterocycles. The molecule has 0 atom stereocenters. The minimum atomic E-state index is -0.437. The van der Waals surface area contributed by atoms with Crippen molar-refractivity contribution in [3.05, 3.63) is 87.8 Å². The summed E-state index contributed by atoms with van der Waals surface area (Å²) >= 11 is 1.16. The SMILES string of the molecule is O=C(c1cccc(F)c1)N1CCN(Cc2cc(=O)n3nc(-c4ccccc4F)sc3n2)CC1. The molecular formula is C23H19F2N5O2S. The third-order valence-electron chi connectivity index (χ3n) is 5.52. The number of amides is 1. The maximum atomic E-state index is 14.1. The van der Waals surface area contributed by atoms with E-state index in [9.17, 15) is 18.4 Å². The Morgan fingerprint density at radius 3 is 2.55 bits per heavy atom. The van der Waals surface area contributed by atoms with Gasteiger partial charge in [0.25, 0.3) is 11.5 Å². The minimum Gasteiger partial charge on any atom is -0.336 e. The summed E-state index contributed by atoms with van der Waals surface area (Å²) < 4.78 is 28.7. The van der Waals surface area contributed by atoms with Crippen LogP contribution in [0.3, 0.4) is 0 Å². The van der Waals surface area contributed by atoms with Crippen molar-refractivity contribution in [3.8, 4) is 10.6 Å². The highest BCUT2D eigenvalue weighted by Crippen LogP contribution is 2.26. The summed E-state index contributed by atoms with van der Waals surface area (Å²) in [6.45, 7) is 2.64. The summed E-state index contributed by atoms with van der Waals surface area (Å²) in [5, 5.41) is 4.62. The van der Waals surface area contributed by atoms with Crippen molar-refractivity contribution >= 4 is 22.2 Å². The number of fused-ring (bicyclic) bond motifs is 1. The molecule has 5 rings (SSSR count).